The Hall–Kier alpha value is -0.600. The molecule has 0 aliphatic carbocycles. The van der Waals surface area contributed by atoms with Crippen LogP contribution < -0.4 is 9.06 Å². The van der Waals surface area contributed by atoms with Crippen molar-refractivity contribution in [2.75, 3.05) is 0 Å². The molecular weight excluding hydrogens is 160 g/mol. The van der Waals surface area contributed by atoms with Crippen molar-refractivity contribution in [1.29, 1.82) is 0 Å². The van der Waals surface area contributed by atoms with Gasteiger partial charge in [-0.1, -0.05) is 13.2 Å². The summed E-state index contributed by atoms with van der Waals surface area (Å²) in [6.07, 6.45) is 0. The fourth-order valence-corrected chi connectivity index (χ4v) is 2.97. The molecule has 2 aromatic heterocycles. The van der Waals surface area contributed by atoms with Crippen LogP contribution in [0.5, 0.6) is 0 Å². The molecule has 0 saturated carbocycles. The first-order valence-electron chi connectivity index (χ1n) is 2.93. The molecule has 0 aromatic carbocycles. The van der Waals surface area contributed by atoms with Crippen molar-refractivity contribution >= 4 is 45.2 Å². The molecule has 0 amide bonds. The van der Waals surface area contributed by atoms with Gasteiger partial charge in [0, 0.05) is 18.5 Å². The summed E-state index contributed by atoms with van der Waals surface area (Å²) in [5, 5.41) is 0. The summed E-state index contributed by atoms with van der Waals surface area (Å²) in [6.45, 7) is 7.73. The van der Waals surface area contributed by atoms with Gasteiger partial charge >= 0.3 is 0 Å². The van der Waals surface area contributed by atoms with E-state index < -0.39 is 0 Å². The van der Waals surface area contributed by atoms with Gasteiger partial charge in [0.15, 0.2) is 0 Å². The molecule has 50 valence electrons. The highest BCUT2D eigenvalue weighted by molar-refractivity contribution is 7.25. The maximum atomic E-state index is 3.86. The Balaban J connectivity index is 3.09. The lowest BCUT2D eigenvalue weighted by Gasteiger charge is -1.63. The summed E-state index contributed by atoms with van der Waals surface area (Å²) >= 11 is 3.46. The molecule has 0 atom stereocenters. The summed E-state index contributed by atoms with van der Waals surface area (Å²) in [5.74, 6) is 0. The minimum absolute atomic E-state index is 1.14. The summed E-state index contributed by atoms with van der Waals surface area (Å²) in [7, 11) is 0. The van der Waals surface area contributed by atoms with Gasteiger partial charge in [-0.15, -0.1) is 22.7 Å². The molecule has 0 fully saturated rings. The predicted octanol–water partition coefficient (Wildman–Crippen LogP) is 1.78. The van der Waals surface area contributed by atoms with Crippen molar-refractivity contribution in [1.82, 2.24) is 0 Å². The van der Waals surface area contributed by atoms with E-state index in [9.17, 15) is 0 Å². The Morgan fingerprint density at radius 1 is 0.900 bits per heavy atom. The van der Waals surface area contributed by atoms with Crippen LogP contribution in [-0.2, 0) is 0 Å². The van der Waals surface area contributed by atoms with E-state index in [1.165, 1.54) is 9.40 Å². The van der Waals surface area contributed by atoms with Gasteiger partial charge in [0.05, 0.1) is 0 Å². The van der Waals surface area contributed by atoms with E-state index in [0.717, 1.165) is 9.06 Å². The van der Waals surface area contributed by atoms with Crippen molar-refractivity contribution < 1.29 is 0 Å². The fraction of sp³-hybridized carbons (Fsp3) is 0. The van der Waals surface area contributed by atoms with Gasteiger partial charge in [-0.25, -0.2) is 0 Å². The molecule has 0 N–H and O–H groups in total. The maximum Gasteiger partial charge on any atom is 0.0462 e. The molecule has 2 rings (SSSR count). The Bertz CT molecular complexity index is 370. The first-order valence-corrected chi connectivity index (χ1v) is 4.56. The highest BCUT2D eigenvalue weighted by atomic mass is 32.1. The van der Waals surface area contributed by atoms with Gasteiger partial charge in [-0.05, 0) is 12.1 Å². The number of hydrogen-bond acceptors (Lipinski definition) is 2. The molecule has 0 aliphatic heterocycles. The van der Waals surface area contributed by atoms with Crippen molar-refractivity contribution in [3.05, 3.63) is 21.2 Å². The van der Waals surface area contributed by atoms with E-state index in [4.69, 9.17) is 0 Å². The number of rotatable bonds is 0. The zero-order valence-electron chi connectivity index (χ0n) is 5.39. The SMILES string of the molecule is C=c1cc2sc(=C)cc2s1. The highest BCUT2D eigenvalue weighted by Crippen LogP contribution is 2.17. The smallest absolute Gasteiger partial charge is 0.0462 e. The van der Waals surface area contributed by atoms with Crippen molar-refractivity contribution in [2.24, 2.45) is 0 Å². The highest BCUT2D eigenvalue weighted by Gasteiger charge is 1.95. The fourth-order valence-electron chi connectivity index (χ4n) is 0.936. The molecule has 0 aliphatic rings. The van der Waals surface area contributed by atoms with Crippen LogP contribution in [0.2, 0.25) is 0 Å². The second kappa shape index (κ2) is 1.94. The standard InChI is InChI=1S/C8H6S2/c1-5-3-7-8(9-5)4-6(2)10-7/h3-4H,1-2H2. The molecule has 2 aromatic rings. The number of fused-ring (bicyclic) bond motifs is 1. The molecule has 2 heteroatoms. The van der Waals surface area contributed by atoms with Crippen LogP contribution >= 0.6 is 22.7 Å². The summed E-state index contributed by atoms with van der Waals surface area (Å²) in [4.78, 5) is 0. The van der Waals surface area contributed by atoms with Gasteiger partial charge in [0.1, 0.15) is 0 Å². The van der Waals surface area contributed by atoms with E-state index in [1.807, 2.05) is 0 Å². The van der Waals surface area contributed by atoms with E-state index >= 15 is 0 Å². The minimum Gasteiger partial charge on any atom is -0.136 e. The van der Waals surface area contributed by atoms with Crippen LogP contribution in [0.4, 0.5) is 0 Å². The molecule has 0 nitrogen and oxygen atoms in total. The van der Waals surface area contributed by atoms with Gasteiger partial charge in [-0.2, -0.15) is 0 Å². The molecule has 2 heterocycles. The van der Waals surface area contributed by atoms with Gasteiger partial charge in [0.25, 0.3) is 0 Å². The minimum atomic E-state index is 1.14. The van der Waals surface area contributed by atoms with E-state index in [2.05, 4.69) is 25.3 Å². The average molecular weight is 166 g/mol. The van der Waals surface area contributed by atoms with E-state index in [0.29, 0.717) is 0 Å². The summed E-state index contributed by atoms with van der Waals surface area (Å²) < 4.78 is 4.92. The summed E-state index contributed by atoms with van der Waals surface area (Å²) in [5.41, 5.74) is 0. The number of thiophene rings is 2. The molecule has 0 saturated heterocycles. The van der Waals surface area contributed by atoms with Crippen LogP contribution in [0.25, 0.3) is 22.6 Å². The Morgan fingerprint density at radius 3 is 1.70 bits per heavy atom. The Kier molecular flexibility index (Phi) is 1.19. The third kappa shape index (κ3) is 0.805. The predicted molar refractivity (Wildman–Crippen MR) is 50.0 cm³/mol. The van der Waals surface area contributed by atoms with Crippen LogP contribution in [0.3, 0.4) is 0 Å². The van der Waals surface area contributed by atoms with E-state index in [1.54, 1.807) is 22.7 Å². The largest absolute Gasteiger partial charge is 0.136 e. The molecular formula is C8H6S2. The van der Waals surface area contributed by atoms with Gasteiger partial charge in [-0.3, -0.25) is 0 Å². The van der Waals surface area contributed by atoms with Gasteiger partial charge < -0.3 is 0 Å². The molecule has 10 heavy (non-hydrogen) atoms. The zero-order valence-corrected chi connectivity index (χ0v) is 7.02. The first kappa shape index (κ1) is 6.13. The van der Waals surface area contributed by atoms with Gasteiger partial charge in [0.2, 0.25) is 0 Å². The normalized spacial score (nSPS) is 10.8. The zero-order chi connectivity index (χ0) is 7.14. The lowest BCUT2D eigenvalue weighted by atomic mass is 10.5. The quantitative estimate of drug-likeness (QED) is 0.559. The lowest BCUT2D eigenvalue weighted by Crippen LogP contribution is -1.82. The van der Waals surface area contributed by atoms with Crippen molar-refractivity contribution in [2.45, 2.75) is 0 Å². The van der Waals surface area contributed by atoms with Crippen molar-refractivity contribution in [3.8, 4) is 0 Å². The Morgan fingerprint density at radius 2 is 1.30 bits per heavy atom. The number of hydrogen-bond donors (Lipinski definition) is 0. The Labute approximate surface area is 66.7 Å². The molecule has 0 spiro atoms. The topological polar surface area (TPSA) is 0 Å². The lowest BCUT2D eigenvalue weighted by molar-refractivity contribution is 2.07. The average Bonchev–Trinajstić information content (AvgIpc) is 2.21. The maximum absolute atomic E-state index is 3.86. The monoisotopic (exact) mass is 166 g/mol. The second-order valence-corrected chi connectivity index (χ2v) is 4.49. The van der Waals surface area contributed by atoms with Crippen LogP contribution in [0.1, 0.15) is 0 Å². The first-order chi connectivity index (χ1) is 4.75. The molecule has 0 radical (unpaired) electrons. The van der Waals surface area contributed by atoms with Crippen LogP contribution in [0, 0.1) is 0 Å². The third-order valence-electron chi connectivity index (χ3n) is 1.31. The van der Waals surface area contributed by atoms with Crippen molar-refractivity contribution in [3.63, 3.8) is 0 Å². The third-order valence-corrected chi connectivity index (χ3v) is 3.31. The molecule has 0 bridgehead atoms. The van der Waals surface area contributed by atoms with E-state index in [-0.39, 0.29) is 0 Å². The van der Waals surface area contributed by atoms with Crippen LogP contribution in [0.15, 0.2) is 12.1 Å². The molecule has 0 unspecified atom stereocenters. The second-order valence-electron chi connectivity index (χ2n) is 2.15. The summed E-state index contributed by atoms with van der Waals surface area (Å²) in [6, 6.07) is 4.22. The van der Waals surface area contributed by atoms with Crippen LogP contribution in [-0.4, -0.2) is 0 Å².